The lowest BCUT2D eigenvalue weighted by molar-refractivity contribution is -0.121. The zero-order valence-corrected chi connectivity index (χ0v) is 12.9. The van der Waals surface area contributed by atoms with Gasteiger partial charge >= 0.3 is 0 Å². The van der Waals surface area contributed by atoms with E-state index in [-0.39, 0.29) is 5.91 Å². The molecule has 1 aromatic carbocycles. The lowest BCUT2D eigenvalue weighted by Crippen LogP contribution is -2.43. The number of hydrogen-bond acceptors (Lipinski definition) is 4. The highest BCUT2D eigenvalue weighted by Gasteiger charge is 2.12. The van der Waals surface area contributed by atoms with Gasteiger partial charge in [-0.15, -0.1) is 0 Å². The number of carbonyl (C=O) groups excluding carboxylic acids is 1. The standard InChI is InChI=1S/C14H22N2OS2/c1-2-18-9-8-16-14(17)13(15)11-19-10-12-6-4-3-5-7-12/h3-7,13H,2,8-11,15H2,1H3,(H,16,17). The first-order chi connectivity index (χ1) is 9.24. The number of nitrogens with two attached hydrogens (primary N) is 1. The average Bonchev–Trinajstić information content (AvgIpc) is 2.44. The van der Waals surface area contributed by atoms with Crippen molar-refractivity contribution in [3.05, 3.63) is 35.9 Å². The zero-order chi connectivity index (χ0) is 13.9. The third-order valence-electron chi connectivity index (χ3n) is 2.50. The minimum absolute atomic E-state index is 0.0442. The molecule has 0 bridgehead atoms. The molecular formula is C14H22N2OS2. The number of nitrogens with one attached hydrogen (secondary N) is 1. The monoisotopic (exact) mass is 298 g/mol. The number of amides is 1. The maximum absolute atomic E-state index is 11.7. The first kappa shape index (κ1) is 16.4. The molecule has 0 saturated carbocycles. The van der Waals surface area contributed by atoms with Crippen molar-refractivity contribution in [2.75, 3.05) is 23.8 Å². The number of hydrogen-bond donors (Lipinski definition) is 2. The second kappa shape index (κ2) is 10.2. The van der Waals surface area contributed by atoms with E-state index in [1.807, 2.05) is 30.0 Å². The van der Waals surface area contributed by atoms with Crippen LogP contribution in [0.4, 0.5) is 0 Å². The first-order valence-corrected chi connectivity index (χ1v) is 8.77. The van der Waals surface area contributed by atoms with E-state index in [0.717, 1.165) is 17.3 Å². The molecule has 0 heterocycles. The maximum Gasteiger partial charge on any atom is 0.237 e. The molecule has 5 heteroatoms. The molecule has 1 aromatic rings. The van der Waals surface area contributed by atoms with Crippen LogP contribution in [-0.4, -0.2) is 35.8 Å². The smallest absolute Gasteiger partial charge is 0.237 e. The molecule has 0 aliphatic carbocycles. The van der Waals surface area contributed by atoms with E-state index in [1.54, 1.807) is 11.8 Å². The van der Waals surface area contributed by atoms with E-state index in [4.69, 9.17) is 5.73 Å². The fourth-order valence-corrected chi connectivity index (χ4v) is 2.96. The molecule has 19 heavy (non-hydrogen) atoms. The molecule has 0 aliphatic heterocycles. The molecular weight excluding hydrogens is 276 g/mol. The van der Waals surface area contributed by atoms with Crippen molar-refractivity contribution in [3.8, 4) is 0 Å². The summed E-state index contributed by atoms with van der Waals surface area (Å²) in [6.07, 6.45) is 0. The number of rotatable bonds is 9. The van der Waals surface area contributed by atoms with E-state index >= 15 is 0 Å². The van der Waals surface area contributed by atoms with E-state index in [9.17, 15) is 4.79 Å². The van der Waals surface area contributed by atoms with Crippen molar-refractivity contribution in [3.63, 3.8) is 0 Å². The van der Waals surface area contributed by atoms with Crippen LogP contribution in [0.3, 0.4) is 0 Å². The predicted molar refractivity (Wildman–Crippen MR) is 86.6 cm³/mol. The molecule has 1 rings (SSSR count). The summed E-state index contributed by atoms with van der Waals surface area (Å²) < 4.78 is 0. The van der Waals surface area contributed by atoms with Crippen LogP contribution < -0.4 is 11.1 Å². The minimum atomic E-state index is -0.416. The summed E-state index contributed by atoms with van der Waals surface area (Å²) in [6, 6.07) is 9.80. The summed E-state index contributed by atoms with van der Waals surface area (Å²) in [5.74, 6) is 3.54. The van der Waals surface area contributed by atoms with Crippen LogP contribution in [0.15, 0.2) is 30.3 Å². The summed E-state index contributed by atoms with van der Waals surface area (Å²) in [7, 11) is 0. The SMILES string of the molecule is CCSCCNC(=O)C(N)CSCc1ccccc1. The molecule has 1 atom stereocenters. The predicted octanol–water partition coefficient (Wildman–Crippen LogP) is 2.12. The third-order valence-corrected chi connectivity index (χ3v) is 4.53. The Hall–Kier alpha value is -0.650. The van der Waals surface area contributed by atoms with Crippen LogP contribution in [0, 0.1) is 0 Å². The Morgan fingerprint density at radius 2 is 2.05 bits per heavy atom. The quantitative estimate of drug-likeness (QED) is 0.686. The largest absolute Gasteiger partial charge is 0.354 e. The van der Waals surface area contributed by atoms with Crippen LogP contribution in [0.2, 0.25) is 0 Å². The topological polar surface area (TPSA) is 55.1 Å². The molecule has 0 saturated heterocycles. The molecule has 0 aliphatic rings. The van der Waals surface area contributed by atoms with Gasteiger partial charge in [0.1, 0.15) is 0 Å². The van der Waals surface area contributed by atoms with Gasteiger partial charge in [0.15, 0.2) is 0 Å². The second-order valence-electron chi connectivity index (χ2n) is 4.10. The van der Waals surface area contributed by atoms with Crippen molar-refractivity contribution >= 4 is 29.4 Å². The van der Waals surface area contributed by atoms with Gasteiger partial charge in [0.25, 0.3) is 0 Å². The highest BCUT2D eigenvalue weighted by atomic mass is 32.2. The maximum atomic E-state index is 11.7. The van der Waals surface area contributed by atoms with Gasteiger partial charge in [-0.05, 0) is 11.3 Å². The van der Waals surface area contributed by atoms with Crippen molar-refractivity contribution < 1.29 is 4.79 Å². The molecule has 106 valence electrons. The van der Waals surface area contributed by atoms with E-state index in [2.05, 4.69) is 24.4 Å². The number of thioether (sulfide) groups is 2. The summed E-state index contributed by atoms with van der Waals surface area (Å²) in [4.78, 5) is 11.7. The number of benzene rings is 1. The Labute approximate surface area is 124 Å². The van der Waals surface area contributed by atoms with Crippen molar-refractivity contribution in [1.29, 1.82) is 0 Å². The van der Waals surface area contributed by atoms with Gasteiger partial charge in [0.05, 0.1) is 6.04 Å². The van der Waals surface area contributed by atoms with Gasteiger partial charge in [-0.25, -0.2) is 0 Å². The van der Waals surface area contributed by atoms with Crippen molar-refractivity contribution in [2.45, 2.75) is 18.7 Å². The van der Waals surface area contributed by atoms with E-state index in [0.29, 0.717) is 12.3 Å². The number of carbonyl (C=O) groups is 1. The summed E-state index contributed by atoms with van der Waals surface area (Å²) in [5, 5.41) is 2.87. The van der Waals surface area contributed by atoms with Gasteiger partial charge in [-0.1, -0.05) is 37.3 Å². The Morgan fingerprint density at radius 1 is 1.32 bits per heavy atom. The van der Waals surface area contributed by atoms with E-state index < -0.39 is 6.04 Å². The van der Waals surface area contributed by atoms with E-state index in [1.165, 1.54) is 5.56 Å². The van der Waals surface area contributed by atoms with Gasteiger partial charge in [-0.2, -0.15) is 23.5 Å². The molecule has 0 aromatic heterocycles. The Bertz CT molecular complexity index is 360. The lowest BCUT2D eigenvalue weighted by atomic mass is 10.2. The molecule has 3 nitrogen and oxygen atoms in total. The van der Waals surface area contributed by atoms with Gasteiger partial charge in [0.2, 0.25) is 5.91 Å². The van der Waals surface area contributed by atoms with Crippen molar-refractivity contribution in [2.24, 2.45) is 5.73 Å². The average molecular weight is 298 g/mol. The fraction of sp³-hybridized carbons (Fsp3) is 0.500. The van der Waals surface area contributed by atoms with Crippen LogP contribution in [0.5, 0.6) is 0 Å². The normalized spacial score (nSPS) is 12.1. The van der Waals surface area contributed by atoms with Crippen LogP contribution in [0.1, 0.15) is 12.5 Å². The highest BCUT2D eigenvalue weighted by molar-refractivity contribution is 7.99. The van der Waals surface area contributed by atoms with Gasteiger partial charge in [-0.3, -0.25) is 4.79 Å². The minimum Gasteiger partial charge on any atom is -0.354 e. The fourth-order valence-electron chi connectivity index (χ4n) is 1.48. The first-order valence-electron chi connectivity index (χ1n) is 6.46. The van der Waals surface area contributed by atoms with Crippen LogP contribution in [0.25, 0.3) is 0 Å². The Balaban J connectivity index is 2.12. The summed E-state index contributed by atoms with van der Waals surface area (Å²) in [5.41, 5.74) is 7.12. The van der Waals surface area contributed by atoms with Gasteiger partial charge in [0, 0.05) is 23.8 Å². The van der Waals surface area contributed by atoms with Crippen molar-refractivity contribution in [1.82, 2.24) is 5.32 Å². The van der Waals surface area contributed by atoms with Crippen LogP contribution in [-0.2, 0) is 10.5 Å². The molecule has 0 spiro atoms. The molecule has 3 N–H and O–H groups in total. The molecule has 1 amide bonds. The Kier molecular flexibility index (Phi) is 8.79. The van der Waals surface area contributed by atoms with Crippen LogP contribution >= 0.6 is 23.5 Å². The van der Waals surface area contributed by atoms with Gasteiger partial charge < -0.3 is 11.1 Å². The molecule has 1 unspecified atom stereocenters. The Morgan fingerprint density at radius 3 is 2.74 bits per heavy atom. The third kappa shape index (κ3) is 7.50. The summed E-state index contributed by atoms with van der Waals surface area (Å²) >= 11 is 3.51. The highest BCUT2D eigenvalue weighted by Crippen LogP contribution is 2.12. The summed E-state index contributed by atoms with van der Waals surface area (Å²) in [6.45, 7) is 2.81. The molecule has 0 radical (unpaired) electrons. The zero-order valence-electron chi connectivity index (χ0n) is 11.3. The lowest BCUT2D eigenvalue weighted by Gasteiger charge is -2.11. The molecule has 0 fully saturated rings. The second-order valence-corrected chi connectivity index (χ2v) is 6.52.